The van der Waals surface area contributed by atoms with E-state index in [9.17, 15) is 8.78 Å². The smallest absolute Gasteiger partial charge is 0.166 e. The summed E-state index contributed by atoms with van der Waals surface area (Å²) >= 11 is 2.57. The first-order valence-electron chi connectivity index (χ1n) is 8.72. The van der Waals surface area contributed by atoms with Crippen molar-refractivity contribution in [2.45, 2.75) is 49.4 Å². The molecule has 0 saturated heterocycles. The SMILES string of the molecule is Cc1ccc(-c2ccc(CCC3CCC(I)CC3)cc2)c(F)c1F. The summed E-state index contributed by atoms with van der Waals surface area (Å²) in [7, 11) is 0. The Bertz CT molecular complexity index is 686. The van der Waals surface area contributed by atoms with Crippen LogP contribution in [0.3, 0.4) is 0 Å². The normalized spacial score (nSPS) is 21.0. The minimum absolute atomic E-state index is 0.338. The van der Waals surface area contributed by atoms with E-state index in [4.69, 9.17) is 0 Å². The maximum absolute atomic E-state index is 14.1. The Balaban J connectivity index is 1.64. The molecule has 128 valence electrons. The van der Waals surface area contributed by atoms with Gasteiger partial charge in [-0.2, -0.15) is 0 Å². The van der Waals surface area contributed by atoms with Gasteiger partial charge in [-0.1, -0.05) is 59.0 Å². The van der Waals surface area contributed by atoms with Crippen molar-refractivity contribution in [1.82, 2.24) is 0 Å². The molecule has 24 heavy (non-hydrogen) atoms. The molecular weight excluding hydrogens is 417 g/mol. The third-order valence-electron chi connectivity index (χ3n) is 5.16. The van der Waals surface area contributed by atoms with Crippen molar-refractivity contribution in [3.63, 3.8) is 0 Å². The van der Waals surface area contributed by atoms with Gasteiger partial charge >= 0.3 is 0 Å². The first-order chi connectivity index (χ1) is 11.5. The fraction of sp³-hybridized carbons (Fsp3) is 0.429. The van der Waals surface area contributed by atoms with Crippen molar-refractivity contribution >= 4 is 22.6 Å². The Kier molecular flexibility index (Phi) is 5.90. The Morgan fingerprint density at radius 2 is 1.58 bits per heavy atom. The zero-order valence-corrected chi connectivity index (χ0v) is 16.2. The van der Waals surface area contributed by atoms with Gasteiger partial charge in [0.05, 0.1) is 0 Å². The Morgan fingerprint density at radius 1 is 0.917 bits per heavy atom. The zero-order valence-electron chi connectivity index (χ0n) is 14.0. The lowest BCUT2D eigenvalue weighted by Crippen LogP contribution is -2.14. The summed E-state index contributed by atoms with van der Waals surface area (Å²) in [4.78, 5) is 0. The van der Waals surface area contributed by atoms with Crippen LogP contribution in [0, 0.1) is 24.5 Å². The summed E-state index contributed by atoms with van der Waals surface area (Å²) in [5.74, 6) is -0.653. The summed E-state index contributed by atoms with van der Waals surface area (Å²) in [6.45, 7) is 1.58. The third kappa shape index (κ3) is 4.16. The van der Waals surface area contributed by atoms with E-state index in [1.54, 1.807) is 19.1 Å². The number of halogens is 3. The fourth-order valence-electron chi connectivity index (χ4n) is 3.50. The van der Waals surface area contributed by atoms with Gasteiger partial charge in [0.1, 0.15) is 0 Å². The lowest BCUT2D eigenvalue weighted by Gasteiger charge is -2.25. The molecule has 2 aromatic rings. The molecule has 3 rings (SSSR count). The second-order valence-corrected chi connectivity index (χ2v) is 8.67. The summed E-state index contributed by atoms with van der Waals surface area (Å²) < 4.78 is 28.7. The van der Waals surface area contributed by atoms with Crippen LogP contribution in [-0.4, -0.2) is 3.92 Å². The number of hydrogen-bond donors (Lipinski definition) is 0. The Hall–Kier alpha value is -0.970. The number of hydrogen-bond acceptors (Lipinski definition) is 0. The van der Waals surface area contributed by atoms with Crippen molar-refractivity contribution in [3.05, 3.63) is 59.2 Å². The predicted octanol–water partition coefficient (Wildman–Crippen LogP) is 6.87. The van der Waals surface area contributed by atoms with Gasteiger partial charge in [-0.25, -0.2) is 8.78 Å². The van der Waals surface area contributed by atoms with Gasteiger partial charge in [-0.05, 0) is 68.1 Å². The van der Waals surface area contributed by atoms with Gasteiger partial charge in [0.2, 0.25) is 0 Å². The Morgan fingerprint density at radius 3 is 2.25 bits per heavy atom. The van der Waals surface area contributed by atoms with Crippen LogP contribution in [0.4, 0.5) is 8.78 Å². The summed E-state index contributed by atoms with van der Waals surface area (Å²) in [5.41, 5.74) is 2.70. The standard InChI is InChI=1S/C21H23F2I/c1-14-2-13-19(21(23)20(14)22)17-9-5-15(6-10-17)3-4-16-7-11-18(24)12-8-16/h2,5-6,9-10,13,16,18H,3-4,7-8,11-12H2,1H3. The molecule has 0 N–H and O–H groups in total. The molecule has 1 fully saturated rings. The molecule has 3 heteroatoms. The molecular formula is C21H23F2I. The highest BCUT2D eigenvalue weighted by Crippen LogP contribution is 2.32. The number of benzene rings is 2. The van der Waals surface area contributed by atoms with E-state index in [2.05, 4.69) is 34.7 Å². The molecule has 1 aliphatic carbocycles. The molecule has 2 aromatic carbocycles. The summed E-state index contributed by atoms with van der Waals surface area (Å²) in [6, 6.07) is 11.2. The van der Waals surface area contributed by atoms with Crippen LogP contribution < -0.4 is 0 Å². The molecule has 1 aliphatic rings. The van der Waals surface area contributed by atoms with Crippen LogP contribution in [-0.2, 0) is 6.42 Å². The molecule has 0 nitrogen and oxygen atoms in total. The predicted molar refractivity (Wildman–Crippen MR) is 105 cm³/mol. The Labute approximate surface area is 156 Å². The molecule has 0 bridgehead atoms. The van der Waals surface area contributed by atoms with E-state index < -0.39 is 11.6 Å². The lowest BCUT2D eigenvalue weighted by molar-refractivity contribution is 0.351. The fourth-order valence-corrected chi connectivity index (χ4v) is 4.22. The molecule has 0 spiro atoms. The highest BCUT2D eigenvalue weighted by Gasteiger charge is 2.19. The van der Waals surface area contributed by atoms with Crippen molar-refractivity contribution < 1.29 is 8.78 Å². The highest BCUT2D eigenvalue weighted by molar-refractivity contribution is 14.1. The van der Waals surface area contributed by atoms with Gasteiger partial charge in [0.15, 0.2) is 11.6 Å². The molecule has 0 aromatic heterocycles. The molecule has 0 atom stereocenters. The van der Waals surface area contributed by atoms with E-state index in [1.807, 2.05) is 12.1 Å². The molecule has 0 radical (unpaired) electrons. The molecule has 0 unspecified atom stereocenters. The molecule has 1 saturated carbocycles. The van der Waals surface area contributed by atoms with Crippen LogP contribution in [0.2, 0.25) is 0 Å². The monoisotopic (exact) mass is 440 g/mol. The number of rotatable bonds is 4. The molecule has 0 heterocycles. The van der Waals surface area contributed by atoms with Crippen LogP contribution in [0.15, 0.2) is 36.4 Å². The van der Waals surface area contributed by atoms with Crippen molar-refractivity contribution in [1.29, 1.82) is 0 Å². The quantitative estimate of drug-likeness (QED) is 0.360. The second-order valence-electron chi connectivity index (χ2n) is 6.91. The van der Waals surface area contributed by atoms with Gasteiger partial charge in [0.25, 0.3) is 0 Å². The minimum atomic E-state index is -0.752. The van der Waals surface area contributed by atoms with Crippen molar-refractivity contribution in [2.75, 3.05) is 0 Å². The van der Waals surface area contributed by atoms with Crippen molar-refractivity contribution in [2.24, 2.45) is 5.92 Å². The van der Waals surface area contributed by atoms with E-state index in [1.165, 1.54) is 37.7 Å². The zero-order chi connectivity index (χ0) is 17.1. The average molecular weight is 440 g/mol. The van der Waals surface area contributed by atoms with E-state index >= 15 is 0 Å². The number of aryl methyl sites for hydroxylation is 2. The summed E-state index contributed by atoms with van der Waals surface area (Å²) in [6.07, 6.45) is 7.70. The topological polar surface area (TPSA) is 0 Å². The minimum Gasteiger partial charge on any atom is -0.203 e. The largest absolute Gasteiger partial charge is 0.203 e. The average Bonchev–Trinajstić information content (AvgIpc) is 2.60. The number of alkyl halides is 1. The van der Waals surface area contributed by atoms with Crippen molar-refractivity contribution in [3.8, 4) is 11.1 Å². The highest BCUT2D eigenvalue weighted by atomic mass is 127. The lowest BCUT2D eigenvalue weighted by atomic mass is 9.85. The van der Waals surface area contributed by atoms with Crippen LogP contribution >= 0.6 is 22.6 Å². The van der Waals surface area contributed by atoms with Gasteiger partial charge in [-0.3, -0.25) is 0 Å². The third-order valence-corrected chi connectivity index (χ3v) is 6.40. The summed E-state index contributed by atoms with van der Waals surface area (Å²) in [5, 5.41) is 0. The first-order valence-corrected chi connectivity index (χ1v) is 9.97. The molecule has 0 amide bonds. The maximum Gasteiger partial charge on any atom is 0.166 e. The van der Waals surface area contributed by atoms with Crippen LogP contribution in [0.25, 0.3) is 11.1 Å². The van der Waals surface area contributed by atoms with E-state index in [0.717, 1.165) is 21.8 Å². The first kappa shape index (κ1) is 17.8. The van der Waals surface area contributed by atoms with Gasteiger partial charge in [0, 0.05) is 9.49 Å². The second kappa shape index (κ2) is 7.94. The van der Waals surface area contributed by atoms with Gasteiger partial charge < -0.3 is 0 Å². The van der Waals surface area contributed by atoms with E-state index in [-0.39, 0.29) is 0 Å². The van der Waals surface area contributed by atoms with Crippen LogP contribution in [0.1, 0.15) is 43.2 Å². The maximum atomic E-state index is 14.1. The van der Waals surface area contributed by atoms with Gasteiger partial charge in [-0.15, -0.1) is 0 Å². The van der Waals surface area contributed by atoms with Crippen LogP contribution in [0.5, 0.6) is 0 Å². The molecule has 0 aliphatic heterocycles. The van der Waals surface area contributed by atoms with E-state index in [0.29, 0.717) is 11.1 Å².